The number of alkyl halides is 1. The molecule has 5 N–H and O–H groups in total. The SMILES string of the molecule is C=CCBr.C=CCN(CC=C)c1ccn(C)n1.CC1CN(c2ccn(C)n2)CC1OS(C)(=O)=O.CO.Cn1ccc(N)n1.Cn1ccc(N2CC(N=[N+]=[N-])C(N=[N+]=[N-])C2)n1.Cn1ccc(N2CC(O)C(O)C2)n1.Cn1ccc(N2CC=CC2)n1. The number of aromatic nitrogens is 12. The number of allylic oxidation sites excluding steroid dienone is 1. The second-order valence-electron chi connectivity index (χ2n) is 19.2. The van der Waals surface area contributed by atoms with E-state index in [9.17, 15) is 18.6 Å². The number of aliphatic hydroxyl groups is 3. The van der Waals surface area contributed by atoms with Gasteiger partial charge in [-0.1, -0.05) is 63.5 Å². The van der Waals surface area contributed by atoms with Crippen molar-refractivity contribution in [3.05, 3.63) is 145 Å². The van der Waals surface area contributed by atoms with Crippen LogP contribution >= 0.6 is 15.9 Å². The number of aryl methyl sites for hydroxylation is 6. The smallest absolute Gasteiger partial charge is 0.264 e. The van der Waals surface area contributed by atoms with E-state index >= 15 is 0 Å². The summed E-state index contributed by atoms with van der Waals surface area (Å²) in [6.07, 6.45) is 20.6. The second-order valence-corrected chi connectivity index (χ2v) is 21.4. The average molecular weight is 1250 g/mol. The van der Waals surface area contributed by atoms with Crippen LogP contribution in [0.25, 0.3) is 20.9 Å². The fraction of sp³-hybridized carbons (Fsp3) is 0.500. The summed E-state index contributed by atoms with van der Waals surface area (Å²) in [4.78, 5) is 15.7. The van der Waals surface area contributed by atoms with Gasteiger partial charge in [-0.25, -0.2) is 0 Å². The summed E-state index contributed by atoms with van der Waals surface area (Å²) in [5, 5.41) is 58.9. The number of aliphatic hydroxyl groups excluding tert-OH is 3. The molecule has 3 saturated heterocycles. The third-order valence-electron chi connectivity index (χ3n) is 12.2. The van der Waals surface area contributed by atoms with Gasteiger partial charge in [0.25, 0.3) is 10.1 Å². The summed E-state index contributed by atoms with van der Waals surface area (Å²) in [6.45, 7) is 19.7. The summed E-state index contributed by atoms with van der Waals surface area (Å²) in [6, 6.07) is 10.7. The fourth-order valence-electron chi connectivity index (χ4n) is 8.28. The first-order chi connectivity index (χ1) is 40.1. The molecule has 32 heteroatoms. The monoisotopic (exact) mass is 1250 g/mol. The molecule has 6 aromatic rings. The van der Waals surface area contributed by atoms with E-state index < -0.39 is 22.3 Å². The van der Waals surface area contributed by atoms with Gasteiger partial charge >= 0.3 is 0 Å². The van der Waals surface area contributed by atoms with Gasteiger partial charge in [-0.05, 0) is 17.1 Å². The average Bonchev–Trinajstić information content (AvgIpc) is 4.34. The molecule has 10 rings (SSSR count). The third kappa shape index (κ3) is 24.4. The number of nitrogens with two attached hydrogens (primary N) is 1. The van der Waals surface area contributed by atoms with E-state index in [1.165, 1.54) is 0 Å². The van der Waals surface area contributed by atoms with Crippen LogP contribution in [0.4, 0.5) is 34.9 Å². The number of halogens is 1. The Morgan fingerprint density at radius 1 is 0.631 bits per heavy atom. The molecule has 0 aliphatic carbocycles. The minimum atomic E-state index is -3.39. The van der Waals surface area contributed by atoms with E-state index in [-0.39, 0.29) is 24.1 Å². The maximum absolute atomic E-state index is 11.1. The summed E-state index contributed by atoms with van der Waals surface area (Å²) in [5.74, 6) is 5.23. The molecule has 3 fully saturated rings. The highest BCUT2D eigenvalue weighted by atomic mass is 79.9. The van der Waals surface area contributed by atoms with Gasteiger partial charge in [0, 0.05) is 203 Å². The van der Waals surface area contributed by atoms with Gasteiger partial charge in [0.2, 0.25) is 0 Å². The van der Waals surface area contributed by atoms with Crippen molar-refractivity contribution in [1.82, 2.24) is 58.7 Å². The van der Waals surface area contributed by atoms with Crippen molar-refractivity contribution in [3.8, 4) is 0 Å². The van der Waals surface area contributed by atoms with Crippen molar-refractivity contribution >= 4 is 61.0 Å². The lowest BCUT2D eigenvalue weighted by Crippen LogP contribution is -2.25. The zero-order valence-corrected chi connectivity index (χ0v) is 51.8. The highest BCUT2D eigenvalue weighted by Gasteiger charge is 2.35. The number of anilines is 6. The molecule has 0 radical (unpaired) electrons. The van der Waals surface area contributed by atoms with E-state index in [0.717, 1.165) is 80.5 Å². The number of hydrogen-bond donors (Lipinski definition) is 4. The number of nitrogens with zero attached hydrogens (tertiary/aromatic N) is 23. The molecule has 4 aliphatic rings. The summed E-state index contributed by atoms with van der Waals surface area (Å²) < 4.78 is 37.7. The summed E-state index contributed by atoms with van der Waals surface area (Å²) in [7, 11) is 8.80. The maximum atomic E-state index is 11.1. The van der Waals surface area contributed by atoms with Crippen LogP contribution in [0.2, 0.25) is 0 Å². The van der Waals surface area contributed by atoms with Crippen LogP contribution in [0.15, 0.2) is 134 Å². The molecule has 0 spiro atoms. The number of rotatable bonds is 14. The number of nitrogen functional groups attached to an aromatic ring is 1. The summed E-state index contributed by atoms with van der Waals surface area (Å²) >= 11 is 3.13. The summed E-state index contributed by atoms with van der Waals surface area (Å²) in [5.41, 5.74) is 22.2. The molecule has 460 valence electrons. The second kappa shape index (κ2) is 36.5. The van der Waals surface area contributed by atoms with Gasteiger partial charge in [-0.3, -0.25) is 32.3 Å². The van der Waals surface area contributed by atoms with Crippen LogP contribution < -0.4 is 30.2 Å². The highest BCUT2D eigenvalue weighted by Crippen LogP contribution is 2.26. The van der Waals surface area contributed by atoms with Crippen LogP contribution in [0.1, 0.15) is 6.92 Å². The largest absolute Gasteiger partial charge is 0.400 e. The predicted octanol–water partition coefficient (Wildman–Crippen LogP) is 4.35. The predicted molar refractivity (Wildman–Crippen MR) is 333 cm³/mol. The van der Waals surface area contributed by atoms with Gasteiger partial charge in [0.15, 0.2) is 29.1 Å². The van der Waals surface area contributed by atoms with Gasteiger partial charge in [-0.15, -0.1) is 19.7 Å². The normalized spacial score (nSPS) is 19.0. The van der Waals surface area contributed by atoms with Crippen molar-refractivity contribution in [3.63, 3.8) is 0 Å². The molecular weight excluding hydrogens is 1170 g/mol. The molecule has 0 aromatic carbocycles. The lowest BCUT2D eigenvalue weighted by molar-refractivity contribution is 0.0572. The van der Waals surface area contributed by atoms with E-state index in [4.69, 9.17) is 26.1 Å². The molecule has 6 aromatic heterocycles. The molecule has 10 heterocycles. The van der Waals surface area contributed by atoms with Crippen LogP contribution in [0.5, 0.6) is 0 Å². The standard InChI is InChI=1S/C10H17N3O3S.C10H15N3.C8H11N9.C8H13N3O2.C8H11N3.C4H7N3.C3H5Br.CH4O/c1-8-6-13(10-4-5-12(2)11-10)7-9(8)16-17(3,14)15;1-4-7-13(8-5-2)10-6-9-12(3)11-10;1-16-3-2-8(13-16)17-4-6(11-14-9)7(5-17)12-15-10;1-10-3-2-8(9-10)11-4-6(12)7(13)5-11;1-10-7-4-8(9-10)11-5-2-3-6-11;1-7-3-2-4(5)6-7;1-2-3-4;1-2/h4-5,8-9H,6-7H2,1-3H3;4-6,9H,1-2,7-8H2,3H3;2-3,6-7H,4-5H2,1H3;2-3,6-7,12-13H,4-5H2,1H3;2-4,7H,5-6H2,1H3;2-3H,1H3,(H2,5,6);2H,1,3H2;2H,1H3. The first-order valence-corrected chi connectivity index (χ1v) is 29.3. The first-order valence-electron chi connectivity index (χ1n) is 26.4. The van der Waals surface area contributed by atoms with Gasteiger partial charge in [0.1, 0.15) is 5.82 Å². The third-order valence-corrected chi connectivity index (χ3v) is 13.3. The lowest BCUT2D eigenvalue weighted by atomic mass is 10.1. The Bertz CT molecular complexity index is 3050. The lowest BCUT2D eigenvalue weighted by Gasteiger charge is -2.17. The molecule has 6 unspecified atom stereocenters. The van der Waals surface area contributed by atoms with Gasteiger partial charge in [0.05, 0.1) is 36.7 Å². The van der Waals surface area contributed by atoms with Crippen LogP contribution in [-0.4, -0.2) is 197 Å². The minimum absolute atomic E-state index is 0.173. The number of azide groups is 2. The molecule has 0 saturated carbocycles. The van der Waals surface area contributed by atoms with E-state index in [1.54, 1.807) is 41.7 Å². The van der Waals surface area contributed by atoms with E-state index in [1.807, 2.05) is 142 Å². The Balaban J connectivity index is 0.000000263. The topological polar surface area (TPSA) is 351 Å². The molecule has 6 atom stereocenters. The van der Waals surface area contributed by atoms with Gasteiger partial charge in [-0.2, -0.15) is 39.0 Å². The van der Waals surface area contributed by atoms with E-state index in [2.05, 4.69) is 108 Å². The molecule has 30 nitrogen and oxygen atoms in total. The van der Waals surface area contributed by atoms with E-state index in [0.29, 0.717) is 38.5 Å². The Morgan fingerprint density at radius 3 is 1.31 bits per heavy atom. The Labute approximate surface area is 500 Å². The Morgan fingerprint density at radius 2 is 1.00 bits per heavy atom. The molecule has 0 amide bonds. The van der Waals surface area contributed by atoms with Crippen LogP contribution in [-0.2, 0) is 56.6 Å². The van der Waals surface area contributed by atoms with Crippen molar-refractivity contribution in [2.75, 3.05) is 114 Å². The van der Waals surface area contributed by atoms with Crippen molar-refractivity contribution in [2.45, 2.75) is 37.3 Å². The molecule has 4 aliphatic heterocycles. The van der Waals surface area contributed by atoms with Crippen molar-refractivity contribution in [1.29, 1.82) is 0 Å². The molecule has 0 bridgehead atoms. The quantitative estimate of drug-likeness (QED) is 0.0294. The fourth-order valence-corrected chi connectivity index (χ4v) is 8.97. The molecular formula is C52H83BrN24O6S. The maximum Gasteiger partial charge on any atom is 0.264 e. The number of hydrogen-bond acceptors (Lipinski definition) is 20. The van der Waals surface area contributed by atoms with Crippen molar-refractivity contribution < 1.29 is 27.9 Å². The zero-order chi connectivity index (χ0) is 62.4. The van der Waals surface area contributed by atoms with Crippen LogP contribution in [0.3, 0.4) is 0 Å². The Kier molecular flexibility index (Phi) is 30.5. The molecule has 84 heavy (non-hydrogen) atoms. The minimum Gasteiger partial charge on any atom is -0.400 e. The van der Waals surface area contributed by atoms with Crippen molar-refractivity contribution in [2.24, 2.45) is 58.4 Å². The Hall–Kier alpha value is -8.09. The van der Waals surface area contributed by atoms with Gasteiger partial charge < -0.3 is 45.6 Å². The highest BCUT2D eigenvalue weighted by molar-refractivity contribution is 9.09. The number of β-amino-alcohol motifs (C(OH)–C–C–N with tert-alkyl or cyclic N) is 2. The zero-order valence-electron chi connectivity index (χ0n) is 49.4. The first kappa shape index (κ1) is 70.2. The van der Waals surface area contributed by atoms with Crippen LogP contribution in [0, 0.1) is 5.92 Å².